The number of aryl methyl sites for hydroxylation is 3. The molecule has 7 heteroatoms. The molecule has 1 aliphatic rings. The van der Waals surface area contributed by atoms with E-state index in [9.17, 15) is 8.42 Å². The summed E-state index contributed by atoms with van der Waals surface area (Å²) in [5.41, 5.74) is 3.65. The van der Waals surface area contributed by atoms with Gasteiger partial charge in [-0.25, -0.2) is 18.4 Å². The van der Waals surface area contributed by atoms with Crippen LogP contribution in [0.3, 0.4) is 0 Å². The molecule has 0 amide bonds. The highest BCUT2D eigenvalue weighted by molar-refractivity contribution is 7.92. The van der Waals surface area contributed by atoms with Crippen LogP contribution in [-0.2, 0) is 22.7 Å². The number of hydrogen-bond donors (Lipinski definition) is 0. The smallest absolute Gasteiger partial charge is 0.247 e. The summed E-state index contributed by atoms with van der Waals surface area (Å²) >= 11 is 0. The van der Waals surface area contributed by atoms with Gasteiger partial charge >= 0.3 is 0 Å². The van der Waals surface area contributed by atoms with Gasteiger partial charge in [-0.2, -0.15) is 0 Å². The lowest BCUT2D eigenvalue weighted by Crippen LogP contribution is -2.36. The van der Waals surface area contributed by atoms with Gasteiger partial charge in [0.1, 0.15) is 16.9 Å². The third-order valence-corrected chi connectivity index (χ3v) is 9.11. The van der Waals surface area contributed by atoms with Gasteiger partial charge in [-0.1, -0.05) is 31.5 Å². The molecular weight excluding hydrogens is 422 g/mol. The van der Waals surface area contributed by atoms with Crippen LogP contribution < -0.4 is 4.74 Å². The van der Waals surface area contributed by atoms with Crippen molar-refractivity contribution in [1.82, 2.24) is 14.5 Å². The summed E-state index contributed by atoms with van der Waals surface area (Å²) < 4.78 is 34.6. The minimum absolute atomic E-state index is 0.456. The average molecular weight is 456 g/mol. The van der Waals surface area contributed by atoms with Crippen LogP contribution in [-0.4, -0.2) is 27.7 Å². The SMILES string of the molecule is CCCC(n1c(C)nc2c(Oc3ccccc3)nc3c(c21)CCCC3)S(=O)(=O)C(C)(C)C. The maximum Gasteiger partial charge on any atom is 0.247 e. The fraction of sp³-hybridized carbons (Fsp3) is 0.520. The van der Waals surface area contributed by atoms with Gasteiger partial charge in [0, 0.05) is 5.69 Å². The van der Waals surface area contributed by atoms with E-state index in [1.54, 1.807) is 20.8 Å². The Balaban J connectivity index is 2.00. The number of aromatic nitrogens is 3. The number of sulfone groups is 1. The lowest BCUT2D eigenvalue weighted by Gasteiger charge is -2.30. The first-order chi connectivity index (χ1) is 15.1. The first-order valence-electron chi connectivity index (χ1n) is 11.5. The van der Waals surface area contributed by atoms with Crippen LogP contribution in [0.25, 0.3) is 11.0 Å². The Morgan fingerprint density at radius 2 is 1.78 bits per heavy atom. The van der Waals surface area contributed by atoms with Crippen molar-refractivity contribution in [3.63, 3.8) is 0 Å². The van der Waals surface area contributed by atoms with Crippen molar-refractivity contribution >= 4 is 20.9 Å². The molecule has 1 aliphatic carbocycles. The Bertz CT molecular complexity index is 1230. The Labute approximate surface area is 191 Å². The van der Waals surface area contributed by atoms with Gasteiger partial charge in [0.2, 0.25) is 5.88 Å². The molecule has 1 aromatic carbocycles. The molecule has 4 rings (SSSR count). The van der Waals surface area contributed by atoms with Crippen LogP contribution in [0.2, 0.25) is 0 Å². The number of benzene rings is 1. The van der Waals surface area contributed by atoms with Crippen molar-refractivity contribution in [2.24, 2.45) is 0 Å². The molecular formula is C25H33N3O3S. The molecule has 0 N–H and O–H groups in total. The molecule has 32 heavy (non-hydrogen) atoms. The van der Waals surface area contributed by atoms with Crippen LogP contribution in [0.15, 0.2) is 30.3 Å². The normalized spacial score (nSPS) is 15.5. The number of nitrogens with zero attached hydrogens (tertiary/aromatic N) is 3. The summed E-state index contributed by atoms with van der Waals surface area (Å²) in [5, 5.41) is -0.671. The van der Waals surface area contributed by atoms with Crippen LogP contribution in [0.5, 0.6) is 11.6 Å². The predicted molar refractivity (Wildman–Crippen MR) is 128 cm³/mol. The zero-order valence-electron chi connectivity index (χ0n) is 19.7. The number of rotatable bonds is 6. The van der Waals surface area contributed by atoms with E-state index in [-0.39, 0.29) is 0 Å². The van der Waals surface area contributed by atoms with Crippen molar-refractivity contribution in [2.75, 3.05) is 0 Å². The zero-order chi connectivity index (χ0) is 23.1. The van der Waals surface area contributed by atoms with E-state index in [1.807, 2.05) is 48.7 Å². The van der Waals surface area contributed by atoms with Gasteiger partial charge in [0.05, 0.1) is 10.3 Å². The molecule has 0 aliphatic heterocycles. The molecule has 172 valence electrons. The van der Waals surface area contributed by atoms with Crippen LogP contribution >= 0.6 is 0 Å². The molecule has 0 spiro atoms. The first-order valence-corrected chi connectivity index (χ1v) is 13.1. The number of imidazole rings is 1. The van der Waals surface area contributed by atoms with Gasteiger partial charge in [-0.15, -0.1) is 0 Å². The average Bonchev–Trinajstić information content (AvgIpc) is 3.09. The van der Waals surface area contributed by atoms with E-state index < -0.39 is 20.0 Å². The molecule has 0 saturated heterocycles. The minimum Gasteiger partial charge on any atom is -0.437 e. The van der Waals surface area contributed by atoms with E-state index >= 15 is 0 Å². The monoisotopic (exact) mass is 455 g/mol. The Morgan fingerprint density at radius 3 is 2.44 bits per heavy atom. The zero-order valence-corrected chi connectivity index (χ0v) is 20.5. The summed E-state index contributed by atoms with van der Waals surface area (Å²) in [4.78, 5) is 9.69. The first kappa shape index (κ1) is 22.8. The lowest BCUT2D eigenvalue weighted by molar-refractivity contribution is 0.463. The summed E-state index contributed by atoms with van der Waals surface area (Å²) in [6, 6.07) is 9.56. The Morgan fingerprint density at radius 1 is 1.09 bits per heavy atom. The molecule has 0 radical (unpaired) electrons. The predicted octanol–water partition coefficient (Wildman–Crippen LogP) is 5.92. The van der Waals surface area contributed by atoms with Gasteiger partial charge in [-0.3, -0.25) is 0 Å². The van der Waals surface area contributed by atoms with Crippen molar-refractivity contribution in [2.45, 2.75) is 83.3 Å². The molecule has 0 fully saturated rings. The maximum atomic E-state index is 13.7. The summed E-state index contributed by atoms with van der Waals surface area (Å²) in [7, 11) is -3.47. The maximum absolute atomic E-state index is 13.7. The van der Waals surface area contributed by atoms with E-state index in [2.05, 4.69) is 0 Å². The molecule has 1 unspecified atom stereocenters. The minimum atomic E-state index is -3.47. The standard InChI is InChI=1S/C25H33N3O3S/c1-6-12-21(32(29,30)25(3,4)5)28-17(2)26-22-23(28)19-15-10-11-16-20(19)27-24(22)31-18-13-8-7-9-14-18/h7-9,13-14,21H,6,10-12,15-16H2,1-5H3. The molecule has 0 bridgehead atoms. The Hall–Kier alpha value is -2.41. The van der Waals surface area contributed by atoms with E-state index in [0.717, 1.165) is 48.9 Å². The second-order valence-corrected chi connectivity index (χ2v) is 12.5. The summed E-state index contributed by atoms with van der Waals surface area (Å²) in [5.74, 6) is 1.83. The number of hydrogen-bond acceptors (Lipinski definition) is 5. The molecule has 2 aromatic heterocycles. The van der Waals surface area contributed by atoms with Crippen LogP contribution in [0, 0.1) is 6.92 Å². The van der Waals surface area contributed by atoms with Gasteiger partial charge < -0.3 is 9.30 Å². The third-order valence-electron chi connectivity index (χ3n) is 6.24. The lowest BCUT2D eigenvalue weighted by atomic mass is 9.95. The highest BCUT2D eigenvalue weighted by Crippen LogP contribution is 2.40. The van der Waals surface area contributed by atoms with Crippen molar-refractivity contribution in [3.05, 3.63) is 47.4 Å². The van der Waals surface area contributed by atoms with Crippen molar-refractivity contribution in [1.29, 1.82) is 0 Å². The van der Waals surface area contributed by atoms with E-state index in [4.69, 9.17) is 14.7 Å². The molecule has 1 atom stereocenters. The van der Waals surface area contributed by atoms with Gasteiger partial charge in [0.15, 0.2) is 15.4 Å². The van der Waals surface area contributed by atoms with E-state index in [1.165, 1.54) is 0 Å². The highest BCUT2D eigenvalue weighted by Gasteiger charge is 2.40. The second kappa shape index (κ2) is 8.50. The topological polar surface area (TPSA) is 74.1 Å². The number of para-hydroxylation sites is 1. The number of fused-ring (bicyclic) bond motifs is 3. The summed E-state index contributed by atoms with van der Waals surface area (Å²) in [6.45, 7) is 9.25. The molecule has 3 aromatic rings. The van der Waals surface area contributed by atoms with Crippen molar-refractivity contribution < 1.29 is 13.2 Å². The van der Waals surface area contributed by atoms with Crippen LogP contribution in [0.1, 0.15) is 75.8 Å². The van der Waals surface area contributed by atoms with Gasteiger partial charge in [-0.05, 0) is 77.5 Å². The fourth-order valence-electron chi connectivity index (χ4n) is 4.53. The number of pyridine rings is 1. The summed E-state index contributed by atoms with van der Waals surface area (Å²) in [6.07, 6.45) is 5.19. The molecule has 6 nitrogen and oxygen atoms in total. The largest absolute Gasteiger partial charge is 0.437 e. The number of ether oxygens (including phenoxy) is 1. The second-order valence-electron chi connectivity index (χ2n) is 9.59. The Kier molecular flexibility index (Phi) is 6.05. The fourth-order valence-corrected chi connectivity index (χ4v) is 6.42. The quantitative estimate of drug-likeness (QED) is 0.461. The van der Waals surface area contributed by atoms with E-state index in [0.29, 0.717) is 29.4 Å². The van der Waals surface area contributed by atoms with Crippen molar-refractivity contribution in [3.8, 4) is 11.6 Å². The van der Waals surface area contributed by atoms with Gasteiger partial charge in [0.25, 0.3) is 0 Å². The third kappa shape index (κ3) is 3.91. The van der Waals surface area contributed by atoms with Crippen LogP contribution in [0.4, 0.5) is 0 Å². The molecule has 0 saturated carbocycles. The molecule has 2 heterocycles. The highest BCUT2D eigenvalue weighted by atomic mass is 32.2.